The monoisotopic (exact) mass is 296 g/mol. The van der Waals surface area contributed by atoms with E-state index in [1.807, 2.05) is 0 Å². The molecule has 2 N–H and O–H groups in total. The van der Waals surface area contributed by atoms with Gasteiger partial charge in [0.25, 0.3) is 0 Å². The van der Waals surface area contributed by atoms with Crippen LogP contribution >= 0.6 is 0 Å². The average molecular weight is 296 g/mol. The first-order valence-electron chi connectivity index (χ1n) is 6.72. The highest BCUT2D eigenvalue weighted by molar-refractivity contribution is 5.76. The van der Waals surface area contributed by atoms with Gasteiger partial charge >= 0.3 is 12.0 Å². The first kappa shape index (κ1) is 16.9. The minimum atomic E-state index is -0.955. The van der Waals surface area contributed by atoms with Crippen LogP contribution in [0.15, 0.2) is 18.2 Å². The largest absolute Gasteiger partial charge is 0.481 e. The van der Waals surface area contributed by atoms with Gasteiger partial charge in [0.2, 0.25) is 0 Å². The van der Waals surface area contributed by atoms with Crippen molar-refractivity contribution in [2.24, 2.45) is 5.92 Å². The van der Waals surface area contributed by atoms with E-state index in [-0.39, 0.29) is 18.4 Å². The fourth-order valence-corrected chi connectivity index (χ4v) is 1.83. The van der Waals surface area contributed by atoms with Gasteiger partial charge in [0, 0.05) is 13.6 Å². The molecule has 6 heteroatoms. The van der Waals surface area contributed by atoms with Crippen LogP contribution in [0.25, 0.3) is 0 Å². The summed E-state index contributed by atoms with van der Waals surface area (Å²) in [5.74, 6) is -1.92. The van der Waals surface area contributed by atoms with E-state index in [4.69, 9.17) is 5.11 Å². The molecular formula is C15H21FN2O3. The minimum Gasteiger partial charge on any atom is -0.481 e. The Labute approximate surface area is 123 Å². The molecule has 21 heavy (non-hydrogen) atoms. The van der Waals surface area contributed by atoms with Crippen LogP contribution in [0.3, 0.4) is 0 Å². The zero-order valence-corrected chi connectivity index (χ0v) is 12.7. The fraction of sp³-hybridized carbons (Fsp3) is 0.467. The lowest BCUT2D eigenvalue weighted by Crippen LogP contribution is -2.41. The van der Waals surface area contributed by atoms with Crippen molar-refractivity contribution >= 4 is 12.0 Å². The van der Waals surface area contributed by atoms with Gasteiger partial charge in [0.1, 0.15) is 5.82 Å². The summed E-state index contributed by atoms with van der Waals surface area (Å²) >= 11 is 0. The van der Waals surface area contributed by atoms with Gasteiger partial charge in [-0.15, -0.1) is 0 Å². The Morgan fingerprint density at radius 1 is 1.38 bits per heavy atom. The van der Waals surface area contributed by atoms with Crippen LogP contribution in [-0.4, -0.2) is 35.6 Å². The molecule has 116 valence electrons. The van der Waals surface area contributed by atoms with Crippen molar-refractivity contribution in [1.29, 1.82) is 0 Å². The summed E-state index contributed by atoms with van der Waals surface area (Å²) in [5, 5.41) is 11.5. The molecular weight excluding hydrogens is 275 g/mol. The summed E-state index contributed by atoms with van der Waals surface area (Å²) in [5.41, 5.74) is 1.20. The van der Waals surface area contributed by atoms with Gasteiger partial charge < -0.3 is 15.3 Å². The van der Waals surface area contributed by atoms with E-state index in [0.717, 1.165) is 0 Å². The molecule has 2 amide bonds. The molecule has 0 bridgehead atoms. The molecule has 5 nitrogen and oxygen atoms in total. The van der Waals surface area contributed by atoms with Crippen LogP contribution < -0.4 is 5.32 Å². The Kier molecular flexibility index (Phi) is 5.69. The maximum Gasteiger partial charge on any atom is 0.317 e. The number of aliphatic carboxylic acids is 1. The minimum absolute atomic E-state index is 0.107. The lowest BCUT2D eigenvalue weighted by molar-refractivity contribution is -0.141. The van der Waals surface area contributed by atoms with Gasteiger partial charge in [-0.3, -0.25) is 4.79 Å². The highest BCUT2D eigenvalue weighted by Crippen LogP contribution is 2.16. The van der Waals surface area contributed by atoms with Crippen LogP contribution in [0, 0.1) is 18.7 Å². The summed E-state index contributed by atoms with van der Waals surface area (Å²) in [7, 11) is 1.53. The molecule has 0 heterocycles. The highest BCUT2D eigenvalue weighted by atomic mass is 19.1. The fourth-order valence-electron chi connectivity index (χ4n) is 1.83. The van der Waals surface area contributed by atoms with Gasteiger partial charge in [0.05, 0.1) is 12.0 Å². The van der Waals surface area contributed by atoms with Crippen molar-refractivity contribution < 1.29 is 19.1 Å². The Bertz CT molecular complexity index is 534. The third-order valence-electron chi connectivity index (χ3n) is 3.35. The number of carbonyl (C=O) groups excluding carboxylic acids is 1. The molecule has 0 saturated carbocycles. The first-order valence-corrected chi connectivity index (χ1v) is 6.72. The second-order valence-electron chi connectivity index (χ2n) is 5.30. The first-order chi connectivity index (χ1) is 9.72. The normalized spacial score (nSPS) is 13.4. The Balaban J connectivity index is 2.64. The molecule has 0 aliphatic heterocycles. The summed E-state index contributed by atoms with van der Waals surface area (Å²) < 4.78 is 13.5. The smallest absolute Gasteiger partial charge is 0.317 e. The Hall–Kier alpha value is -2.11. The van der Waals surface area contributed by atoms with E-state index in [2.05, 4.69) is 5.32 Å². The van der Waals surface area contributed by atoms with Crippen molar-refractivity contribution in [1.82, 2.24) is 10.2 Å². The maximum absolute atomic E-state index is 13.5. The predicted octanol–water partition coefficient (Wildman–Crippen LogP) is 2.56. The van der Waals surface area contributed by atoms with Crippen LogP contribution in [-0.2, 0) is 4.79 Å². The lowest BCUT2D eigenvalue weighted by atomic mass is 10.1. The summed E-state index contributed by atoms with van der Waals surface area (Å²) in [6, 6.07) is 4.04. The molecule has 2 atom stereocenters. The summed E-state index contributed by atoms with van der Waals surface area (Å²) in [6.07, 6.45) is 0. The van der Waals surface area contributed by atoms with Crippen molar-refractivity contribution in [2.45, 2.75) is 26.8 Å². The van der Waals surface area contributed by atoms with E-state index in [1.54, 1.807) is 26.0 Å². The lowest BCUT2D eigenvalue weighted by Gasteiger charge is -2.23. The second kappa shape index (κ2) is 7.06. The van der Waals surface area contributed by atoms with E-state index >= 15 is 0 Å². The van der Waals surface area contributed by atoms with E-state index in [9.17, 15) is 14.0 Å². The zero-order valence-electron chi connectivity index (χ0n) is 12.7. The number of nitrogens with zero attached hydrogens (tertiary/aromatic N) is 1. The quantitative estimate of drug-likeness (QED) is 0.877. The summed E-state index contributed by atoms with van der Waals surface area (Å²) in [4.78, 5) is 24.0. The predicted molar refractivity (Wildman–Crippen MR) is 77.5 cm³/mol. The number of halogens is 1. The van der Waals surface area contributed by atoms with Crippen LogP contribution in [0.4, 0.5) is 9.18 Å². The number of carbonyl (C=O) groups is 2. The number of aryl methyl sites for hydroxylation is 1. The molecule has 0 aliphatic carbocycles. The van der Waals surface area contributed by atoms with Crippen LogP contribution in [0.2, 0.25) is 0 Å². The van der Waals surface area contributed by atoms with Crippen LogP contribution in [0.5, 0.6) is 0 Å². The third kappa shape index (κ3) is 4.73. The van der Waals surface area contributed by atoms with Gasteiger partial charge in [-0.1, -0.05) is 19.1 Å². The van der Waals surface area contributed by atoms with E-state index in [1.165, 1.54) is 24.9 Å². The number of carboxylic acids is 1. The Morgan fingerprint density at radius 3 is 2.52 bits per heavy atom. The average Bonchev–Trinajstić information content (AvgIpc) is 2.41. The number of hydrogen-bond donors (Lipinski definition) is 2. The molecule has 0 spiro atoms. The van der Waals surface area contributed by atoms with Crippen molar-refractivity contribution in [3.05, 3.63) is 35.1 Å². The van der Waals surface area contributed by atoms with Gasteiger partial charge in [-0.05, 0) is 31.0 Å². The molecule has 1 aromatic rings. The van der Waals surface area contributed by atoms with Crippen LogP contribution in [0.1, 0.15) is 31.0 Å². The number of benzene rings is 1. The van der Waals surface area contributed by atoms with Crippen molar-refractivity contribution in [3.8, 4) is 0 Å². The Morgan fingerprint density at radius 2 is 2.00 bits per heavy atom. The van der Waals surface area contributed by atoms with Gasteiger partial charge in [-0.2, -0.15) is 0 Å². The molecule has 1 rings (SSSR count). The number of rotatable bonds is 5. The highest BCUT2D eigenvalue weighted by Gasteiger charge is 2.19. The molecule has 0 saturated heterocycles. The van der Waals surface area contributed by atoms with E-state index in [0.29, 0.717) is 11.1 Å². The second-order valence-corrected chi connectivity index (χ2v) is 5.30. The molecule has 2 unspecified atom stereocenters. The van der Waals surface area contributed by atoms with Gasteiger partial charge in [0.15, 0.2) is 0 Å². The zero-order chi connectivity index (χ0) is 16.2. The molecule has 1 aromatic carbocycles. The SMILES string of the molecule is Cc1ccc(C(C)NC(=O)N(C)CC(C)C(=O)O)cc1F. The third-order valence-corrected chi connectivity index (χ3v) is 3.35. The molecule has 0 aliphatic rings. The summed E-state index contributed by atoms with van der Waals surface area (Å²) in [6.45, 7) is 5.06. The van der Waals surface area contributed by atoms with E-state index < -0.39 is 17.9 Å². The number of carboxylic acid groups (broad SMARTS) is 1. The van der Waals surface area contributed by atoms with Crippen molar-refractivity contribution in [2.75, 3.05) is 13.6 Å². The topological polar surface area (TPSA) is 69.6 Å². The number of hydrogen-bond acceptors (Lipinski definition) is 2. The molecule has 0 radical (unpaired) electrons. The standard InChI is InChI=1S/C15H21FN2O3/c1-9-5-6-12(7-13(9)16)11(3)17-15(21)18(4)8-10(2)14(19)20/h5-7,10-11H,8H2,1-4H3,(H,17,21)(H,19,20). The molecule has 0 fully saturated rings. The number of urea groups is 1. The molecule has 0 aromatic heterocycles. The number of nitrogens with one attached hydrogen (secondary N) is 1. The van der Waals surface area contributed by atoms with Crippen molar-refractivity contribution in [3.63, 3.8) is 0 Å². The van der Waals surface area contributed by atoms with Gasteiger partial charge in [-0.25, -0.2) is 9.18 Å². The maximum atomic E-state index is 13.5. The number of amides is 2.